The minimum absolute atomic E-state index is 0.0327. The van der Waals surface area contributed by atoms with Crippen molar-refractivity contribution < 1.29 is 18.3 Å². The van der Waals surface area contributed by atoms with E-state index in [0.717, 1.165) is 5.56 Å². The van der Waals surface area contributed by atoms with Crippen LogP contribution in [0, 0.1) is 0 Å². The normalized spacial score (nSPS) is 17.8. The summed E-state index contributed by atoms with van der Waals surface area (Å²) in [5.41, 5.74) is 0.839. The third-order valence-electron chi connectivity index (χ3n) is 3.40. The molecule has 2 aromatic rings. The highest BCUT2D eigenvalue weighted by atomic mass is 32.2. The summed E-state index contributed by atoms with van der Waals surface area (Å²) in [6.45, 7) is 0.472. The molecule has 0 amide bonds. The van der Waals surface area contributed by atoms with E-state index in [0.29, 0.717) is 18.8 Å². The third kappa shape index (κ3) is 2.86. The van der Waals surface area contributed by atoms with E-state index in [1.54, 1.807) is 0 Å². The summed E-state index contributed by atoms with van der Waals surface area (Å²) < 4.78 is 33.0. The molecule has 0 spiro atoms. The van der Waals surface area contributed by atoms with Crippen molar-refractivity contribution in [3.63, 3.8) is 0 Å². The minimum atomic E-state index is -3.64. The van der Waals surface area contributed by atoms with Gasteiger partial charge < -0.3 is 9.84 Å². The number of hydrogen-bond acceptors (Lipinski definition) is 4. The van der Waals surface area contributed by atoms with Gasteiger partial charge in [-0.2, -0.15) is 0 Å². The Bertz CT molecular complexity index is 741. The molecule has 6 heteroatoms. The van der Waals surface area contributed by atoms with Gasteiger partial charge in [0, 0.05) is 12.0 Å². The van der Waals surface area contributed by atoms with Gasteiger partial charge in [-0.15, -0.1) is 0 Å². The van der Waals surface area contributed by atoms with Gasteiger partial charge in [0.05, 0.1) is 17.5 Å². The number of sulfonamides is 1. The first-order valence-corrected chi connectivity index (χ1v) is 8.08. The monoisotopic (exact) mass is 305 g/mol. The van der Waals surface area contributed by atoms with Crippen LogP contribution >= 0.6 is 0 Å². The molecule has 1 aliphatic heterocycles. The van der Waals surface area contributed by atoms with Crippen LogP contribution in [0.4, 0.5) is 0 Å². The van der Waals surface area contributed by atoms with Crippen LogP contribution < -0.4 is 9.46 Å². The van der Waals surface area contributed by atoms with Crippen LogP contribution in [0.25, 0.3) is 0 Å². The van der Waals surface area contributed by atoms with Crippen LogP contribution in [0.1, 0.15) is 18.0 Å². The fraction of sp³-hybridized carbons (Fsp3) is 0.200. The molecule has 5 nitrogen and oxygen atoms in total. The minimum Gasteiger partial charge on any atom is -0.508 e. The van der Waals surface area contributed by atoms with Gasteiger partial charge in [-0.25, -0.2) is 13.1 Å². The Balaban J connectivity index is 1.88. The molecule has 0 radical (unpaired) electrons. The number of hydrogen-bond donors (Lipinski definition) is 2. The number of phenols is 1. The Hall–Kier alpha value is -2.05. The number of para-hydroxylation sites is 1. The van der Waals surface area contributed by atoms with E-state index < -0.39 is 10.0 Å². The highest BCUT2D eigenvalue weighted by Crippen LogP contribution is 2.32. The molecular formula is C15H15NO4S. The van der Waals surface area contributed by atoms with Gasteiger partial charge in [0.15, 0.2) is 0 Å². The van der Waals surface area contributed by atoms with Crippen molar-refractivity contribution in [2.24, 2.45) is 0 Å². The van der Waals surface area contributed by atoms with Crippen molar-refractivity contribution in [3.8, 4) is 11.5 Å². The zero-order chi connectivity index (χ0) is 14.9. The second-order valence-corrected chi connectivity index (χ2v) is 6.56. The van der Waals surface area contributed by atoms with Gasteiger partial charge in [0.25, 0.3) is 0 Å². The molecule has 1 aliphatic rings. The lowest BCUT2D eigenvalue weighted by atomic mass is 10.0. The Kier molecular flexibility index (Phi) is 3.57. The van der Waals surface area contributed by atoms with Gasteiger partial charge in [-0.3, -0.25) is 0 Å². The van der Waals surface area contributed by atoms with Crippen LogP contribution in [-0.2, 0) is 10.0 Å². The molecule has 0 aliphatic carbocycles. The number of nitrogens with one attached hydrogen (secondary N) is 1. The molecule has 0 fully saturated rings. The zero-order valence-corrected chi connectivity index (χ0v) is 12.0. The summed E-state index contributed by atoms with van der Waals surface area (Å²) in [5, 5.41) is 9.24. The predicted molar refractivity (Wildman–Crippen MR) is 77.7 cm³/mol. The quantitative estimate of drug-likeness (QED) is 0.911. The summed E-state index contributed by atoms with van der Waals surface area (Å²) in [6, 6.07) is 12.6. The number of phenolic OH excluding ortho intramolecular Hbond substituents is 1. The summed E-state index contributed by atoms with van der Waals surface area (Å²) in [7, 11) is -3.64. The van der Waals surface area contributed by atoms with Crippen molar-refractivity contribution in [1.29, 1.82) is 0 Å². The summed E-state index contributed by atoms with van der Waals surface area (Å²) in [6.07, 6.45) is 0.578. The highest BCUT2D eigenvalue weighted by Gasteiger charge is 2.26. The first kappa shape index (κ1) is 13.9. The van der Waals surface area contributed by atoms with Crippen molar-refractivity contribution in [3.05, 3.63) is 54.1 Å². The largest absolute Gasteiger partial charge is 0.508 e. The standard InChI is InChI=1S/C15H15NO4S/c17-11-5-7-12(8-6-11)21(18,19)16-14-9-10-20-15-4-2-1-3-13(14)15/h1-8,14,16-17H,9-10H2. The molecule has 2 aromatic carbocycles. The van der Waals surface area contributed by atoms with Gasteiger partial charge in [0.2, 0.25) is 10.0 Å². The average Bonchev–Trinajstić information content (AvgIpc) is 2.48. The summed E-state index contributed by atoms with van der Waals surface area (Å²) in [5.74, 6) is 0.743. The van der Waals surface area contributed by atoms with E-state index in [9.17, 15) is 13.5 Å². The van der Waals surface area contributed by atoms with E-state index in [4.69, 9.17) is 4.74 Å². The average molecular weight is 305 g/mol. The lowest BCUT2D eigenvalue weighted by molar-refractivity contribution is 0.263. The summed E-state index contributed by atoms with van der Waals surface area (Å²) in [4.78, 5) is 0.129. The van der Waals surface area contributed by atoms with Crippen LogP contribution in [-0.4, -0.2) is 20.1 Å². The number of benzene rings is 2. The van der Waals surface area contributed by atoms with Crippen LogP contribution in [0.3, 0.4) is 0 Å². The van der Waals surface area contributed by atoms with E-state index >= 15 is 0 Å². The van der Waals surface area contributed by atoms with Crippen molar-refractivity contribution >= 4 is 10.0 Å². The Morgan fingerprint density at radius 3 is 2.57 bits per heavy atom. The molecule has 3 rings (SSSR count). The molecule has 2 N–H and O–H groups in total. The number of aromatic hydroxyl groups is 1. The lowest BCUT2D eigenvalue weighted by Gasteiger charge is -2.26. The first-order valence-electron chi connectivity index (χ1n) is 6.59. The molecule has 21 heavy (non-hydrogen) atoms. The number of ether oxygens (including phenoxy) is 1. The summed E-state index contributed by atoms with van der Waals surface area (Å²) >= 11 is 0. The lowest BCUT2D eigenvalue weighted by Crippen LogP contribution is -2.32. The smallest absolute Gasteiger partial charge is 0.241 e. The second-order valence-electron chi connectivity index (χ2n) is 4.84. The SMILES string of the molecule is O=S(=O)(NC1CCOc2ccccc21)c1ccc(O)cc1. The molecule has 1 unspecified atom stereocenters. The zero-order valence-electron chi connectivity index (χ0n) is 11.2. The highest BCUT2D eigenvalue weighted by molar-refractivity contribution is 7.89. The Labute approximate surface area is 123 Å². The van der Waals surface area contributed by atoms with Crippen LogP contribution in [0.2, 0.25) is 0 Å². The molecule has 0 saturated heterocycles. The van der Waals surface area contributed by atoms with Crippen LogP contribution in [0.15, 0.2) is 53.4 Å². The van der Waals surface area contributed by atoms with E-state index in [-0.39, 0.29) is 16.7 Å². The van der Waals surface area contributed by atoms with Gasteiger partial charge in [-0.1, -0.05) is 18.2 Å². The molecular weight excluding hydrogens is 290 g/mol. The molecule has 110 valence electrons. The Morgan fingerprint density at radius 1 is 1.10 bits per heavy atom. The number of rotatable bonds is 3. The van der Waals surface area contributed by atoms with E-state index in [1.807, 2.05) is 24.3 Å². The first-order chi connectivity index (χ1) is 10.1. The fourth-order valence-corrected chi connectivity index (χ4v) is 3.59. The maximum absolute atomic E-state index is 12.4. The maximum Gasteiger partial charge on any atom is 0.241 e. The fourth-order valence-electron chi connectivity index (χ4n) is 2.35. The van der Waals surface area contributed by atoms with Crippen molar-refractivity contribution in [1.82, 2.24) is 4.72 Å². The third-order valence-corrected chi connectivity index (χ3v) is 4.89. The predicted octanol–water partition coefficient (Wildman–Crippen LogP) is 2.19. The van der Waals surface area contributed by atoms with E-state index in [2.05, 4.69) is 4.72 Å². The molecule has 0 saturated carbocycles. The van der Waals surface area contributed by atoms with Crippen molar-refractivity contribution in [2.45, 2.75) is 17.4 Å². The molecule has 0 bridgehead atoms. The number of fused-ring (bicyclic) bond motifs is 1. The maximum atomic E-state index is 12.4. The van der Waals surface area contributed by atoms with Gasteiger partial charge >= 0.3 is 0 Å². The topological polar surface area (TPSA) is 75.6 Å². The molecule has 1 atom stereocenters. The van der Waals surface area contributed by atoms with Crippen molar-refractivity contribution in [2.75, 3.05) is 6.61 Å². The molecule has 0 aromatic heterocycles. The Morgan fingerprint density at radius 2 is 1.81 bits per heavy atom. The van der Waals surface area contributed by atoms with Gasteiger partial charge in [-0.05, 0) is 30.3 Å². The second kappa shape index (κ2) is 5.38. The van der Waals surface area contributed by atoms with E-state index in [1.165, 1.54) is 24.3 Å². The van der Waals surface area contributed by atoms with Gasteiger partial charge in [0.1, 0.15) is 11.5 Å². The molecule has 1 heterocycles. The van der Waals surface area contributed by atoms with Crippen LogP contribution in [0.5, 0.6) is 11.5 Å².